The minimum Gasteiger partial charge on any atom is -0.440 e. The summed E-state index contributed by atoms with van der Waals surface area (Å²) >= 11 is 0. The summed E-state index contributed by atoms with van der Waals surface area (Å²) < 4.78 is 10.5. The molecule has 0 fully saturated rings. The van der Waals surface area contributed by atoms with Crippen LogP contribution in [0.1, 0.15) is 23.2 Å². The SMILES string of the molecule is COCCc1nc2cc(N)cc(C(C)=O)c2o1. The lowest BCUT2D eigenvalue weighted by Crippen LogP contribution is -1.95. The molecule has 1 aromatic carbocycles. The number of aromatic nitrogens is 1. The van der Waals surface area contributed by atoms with Crippen molar-refractivity contribution in [2.75, 3.05) is 19.5 Å². The third-order valence-corrected chi connectivity index (χ3v) is 2.46. The summed E-state index contributed by atoms with van der Waals surface area (Å²) in [5, 5.41) is 0. The molecular formula is C12H14N2O3. The molecule has 2 aromatic rings. The molecule has 17 heavy (non-hydrogen) atoms. The van der Waals surface area contributed by atoms with Gasteiger partial charge in [-0.25, -0.2) is 4.98 Å². The minimum atomic E-state index is -0.0864. The number of methoxy groups -OCH3 is 1. The van der Waals surface area contributed by atoms with E-state index in [1.54, 1.807) is 19.2 Å². The van der Waals surface area contributed by atoms with Crippen molar-refractivity contribution in [3.63, 3.8) is 0 Å². The topological polar surface area (TPSA) is 78.4 Å². The van der Waals surface area contributed by atoms with Crippen LogP contribution < -0.4 is 5.73 Å². The second-order valence-electron chi connectivity index (χ2n) is 3.82. The predicted molar refractivity (Wildman–Crippen MR) is 64.0 cm³/mol. The van der Waals surface area contributed by atoms with Crippen LogP contribution >= 0.6 is 0 Å². The van der Waals surface area contributed by atoms with Gasteiger partial charge in [-0.05, 0) is 19.1 Å². The molecule has 0 bridgehead atoms. The fourth-order valence-electron chi connectivity index (χ4n) is 1.66. The summed E-state index contributed by atoms with van der Waals surface area (Å²) in [6.07, 6.45) is 0.572. The number of rotatable bonds is 4. The molecule has 0 atom stereocenters. The zero-order valence-corrected chi connectivity index (χ0v) is 9.82. The van der Waals surface area contributed by atoms with Gasteiger partial charge in [0.1, 0.15) is 5.52 Å². The molecular weight excluding hydrogens is 220 g/mol. The molecule has 0 aliphatic heterocycles. The molecule has 5 nitrogen and oxygen atoms in total. The summed E-state index contributed by atoms with van der Waals surface area (Å²) in [5.41, 5.74) is 7.80. The average Bonchev–Trinajstić information content (AvgIpc) is 2.67. The van der Waals surface area contributed by atoms with Crippen molar-refractivity contribution >= 4 is 22.6 Å². The van der Waals surface area contributed by atoms with Gasteiger partial charge in [-0.1, -0.05) is 0 Å². The van der Waals surface area contributed by atoms with Gasteiger partial charge < -0.3 is 14.9 Å². The van der Waals surface area contributed by atoms with Crippen molar-refractivity contribution in [3.8, 4) is 0 Å². The molecule has 5 heteroatoms. The highest BCUT2D eigenvalue weighted by Crippen LogP contribution is 2.24. The van der Waals surface area contributed by atoms with Gasteiger partial charge in [-0.3, -0.25) is 4.79 Å². The Morgan fingerprint density at radius 3 is 2.94 bits per heavy atom. The number of hydrogen-bond acceptors (Lipinski definition) is 5. The first-order valence-corrected chi connectivity index (χ1v) is 5.30. The molecule has 1 aromatic heterocycles. The van der Waals surface area contributed by atoms with Crippen LogP contribution in [0, 0.1) is 0 Å². The summed E-state index contributed by atoms with van der Waals surface area (Å²) in [5.74, 6) is 0.465. The Bertz CT molecular complexity index is 560. The Hall–Kier alpha value is -1.88. The highest BCUT2D eigenvalue weighted by atomic mass is 16.5. The van der Waals surface area contributed by atoms with Crippen LogP contribution in [0.4, 0.5) is 5.69 Å². The summed E-state index contributed by atoms with van der Waals surface area (Å²) in [6.45, 7) is 2.00. The molecule has 0 spiro atoms. The number of hydrogen-bond donors (Lipinski definition) is 1. The van der Waals surface area contributed by atoms with Gasteiger partial charge >= 0.3 is 0 Å². The Morgan fingerprint density at radius 2 is 2.29 bits per heavy atom. The molecule has 0 aliphatic rings. The predicted octanol–water partition coefficient (Wildman–Crippen LogP) is 1.80. The molecule has 90 valence electrons. The Labute approximate surface area is 98.6 Å². The maximum Gasteiger partial charge on any atom is 0.197 e. The van der Waals surface area contributed by atoms with E-state index in [1.807, 2.05) is 0 Å². The molecule has 2 rings (SSSR count). The van der Waals surface area contributed by atoms with Gasteiger partial charge in [0.25, 0.3) is 0 Å². The van der Waals surface area contributed by atoms with Crippen molar-refractivity contribution in [3.05, 3.63) is 23.6 Å². The minimum absolute atomic E-state index is 0.0864. The van der Waals surface area contributed by atoms with E-state index < -0.39 is 0 Å². The Balaban J connectivity index is 2.51. The van der Waals surface area contributed by atoms with Crippen molar-refractivity contribution in [2.45, 2.75) is 13.3 Å². The maximum absolute atomic E-state index is 11.5. The second kappa shape index (κ2) is 4.55. The molecule has 0 unspecified atom stereocenters. The number of nitrogen functional groups attached to an aromatic ring is 1. The van der Waals surface area contributed by atoms with Crippen molar-refractivity contribution < 1.29 is 13.9 Å². The van der Waals surface area contributed by atoms with Crippen LogP contribution in [-0.2, 0) is 11.2 Å². The van der Waals surface area contributed by atoms with E-state index in [4.69, 9.17) is 14.9 Å². The number of nitrogens with zero attached hydrogens (tertiary/aromatic N) is 1. The van der Waals surface area contributed by atoms with E-state index in [-0.39, 0.29) is 5.78 Å². The van der Waals surface area contributed by atoms with Crippen molar-refractivity contribution in [2.24, 2.45) is 0 Å². The van der Waals surface area contributed by atoms with E-state index in [2.05, 4.69) is 4.98 Å². The lowest BCUT2D eigenvalue weighted by Gasteiger charge is -1.98. The summed E-state index contributed by atoms with van der Waals surface area (Å²) in [4.78, 5) is 15.7. The largest absolute Gasteiger partial charge is 0.440 e. The Kier molecular flexibility index (Phi) is 3.10. The number of anilines is 1. The Morgan fingerprint density at radius 1 is 1.53 bits per heavy atom. The summed E-state index contributed by atoms with van der Waals surface area (Å²) in [6, 6.07) is 3.30. The van der Waals surface area contributed by atoms with Crippen LogP contribution in [0.2, 0.25) is 0 Å². The van der Waals surface area contributed by atoms with Gasteiger partial charge in [0.2, 0.25) is 0 Å². The normalized spacial score (nSPS) is 10.9. The van der Waals surface area contributed by atoms with Crippen molar-refractivity contribution in [1.82, 2.24) is 4.98 Å². The smallest absolute Gasteiger partial charge is 0.197 e. The van der Waals surface area contributed by atoms with Gasteiger partial charge in [0.05, 0.1) is 12.2 Å². The molecule has 0 aliphatic carbocycles. The number of ketones is 1. The molecule has 1 heterocycles. The molecule has 0 amide bonds. The number of benzene rings is 1. The number of carbonyl (C=O) groups is 1. The number of oxazole rings is 1. The number of Topliss-reactive ketones (excluding diaryl/α,β-unsaturated/α-hetero) is 1. The first-order valence-electron chi connectivity index (χ1n) is 5.30. The molecule has 0 saturated heterocycles. The van der Waals surface area contributed by atoms with E-state index in [1.165, 1.54) is 6.92 Å². The third-order valence-electron chi connectivity index (χ3n) is 2.46. The van der Waals surface area contributed by atoms with Crippen LogP contribution in [-0.4, -0.2) is 24.5 Å². The van der Waals surface area contributed by atoms with E-state index in [0.29, 0.717) is 41.3 Å². The molecule has 0 radical (unpaired) electrons. The number of nitrogens with two attached hydrogens (primary N) is 1. The van der Waals surface area contributed by atoms with E-state index in [9.17, 15) is 4.79 Å². The van der Waals surface area contributed by atoms with Crippen LogP contribution in [0.15, 0.2) is 16.5 Å². The summed E-state index contributed by atoms with van der Waals surface area (Å²) in [7, 11) is 1.61. The first kappa shape index (κ1) is 11.6. The van der Waals surface area contributed by atoms with Crippen LogP contribution in [0.25, 0.3) is 11.1 Å². The average molecular weight is 234 g/mol. The highest BCUT2D eigenvalue weighted by molar-refractivity contribution is 6.05. The van der Waals surface area contributed by atoms with Gasteiger partial charge in [0, 0.05) is 19.2 Å². The van der Waals surface area contributed by atoms with Gasteiger partial charge in [0.15, 0.2) is 17.3 Å². The van der Waals surface area contributed by atoms with Gasteiger partial charge in [-0.2, -0.15) is 0 Å². The fraction of sp³-hybridized carbons (Fsp3) is 0.333. The highest BCUT2D eigenvalue weighted by Gasteiger charge is 2.14. The number of ether oxygens (including phenoxy) is 1. The zero-order valence-electron chi connectivity index (χ0n) is 9.82. The maximum atomic E-state index is 11.5. The lowest BCUT2D eigenvalue weighted by molar-refractivity contribution is 0.101. The van der Waals surface area contributed by atoms with Crippen molar-refractivity contribution in [1.29, 1.82) is 0 Å². The second-order valence-corrected chi connectivity index (χ2v) is 3.82. The van der Waals surface area contributed by atoms with Crippen LogP contribution in [0.5, 0.6) is 0 Å². The van der Waals surface area contributed by atoms with E-state index in [0.717, 1.165) is 0 Å². The quantitative estimate of drug-likeness (QED) is 0.644. The standard InChI is InChI=1S/C12H14N2O3/c1-7(15)9-5-8(13)6-10-12(9)17-11(14-10)3-4-16-2/h5-6H,3-4,13H2,1-2H3. The van der Waals surface area contributed by atoms with E-state index >= 15 is 0 Å². The number of fused-ring (bicyclic) bond motifs is 1. The van der Waals surface area contributed by atoms with Gasteiger partial charge in [-0.15, -0.1) is 0 Å². The fourth-order valence-corrected chi connectivity index (χ4v) is 1.66. The monoisotopic (exact) mass is 234 g/mol. The number of carbonyl (C=O) groups excluding carboxylic acids is 1. The third kappa shape index (κ3) is 2.29. The molecule has 0 saturated carbocycles. The first-order chi connectivity index (χ1) is 8.11. The zero-order chi connectivity index (χ0) is 12.4. The lowest BCUT2D eigenvalue weighted by atomic mass is 10.1. The van der Waals surface area contributed by atoms with Crippen LogP contribution in [0.3, 0.4) is 0 Å². The molecule has 2 N–H and O–H groups in total.